The van der Waals surface area contributed by atoms with Crippen LogP contribution in [0.1, 0.15) is 38.5 Å². The molecule has 1 saturated heterocycles. The number of ether oxygens (including phenoxy) is 1. The zero-order valence-electron chi connectivity index (χ0n) is 14.5. The number of hydrogen-bond acceptors (Lipinski definition) is 8. The molecule has 24 heavy (non-hydrogen) atoms. The smallest absolute Gasteiger partial charge is 0.243 e. The van der Waals surface area contributed by atoms with E-state index in [1.807, 2.05) is 13.8 Å². The Morgan fingerprint density at radius 3 is 2.67 bits per heavy atom. The Labute approximate surface area is 141 Å². The van der Waals surface area contributed by atoms with Crippen molar-refractivity contribution in [2.45, 2.75) is 33.2 Å². The van der Waals surface area contributed by atoms with Crippen molar-refractivity contribution < 1.29 is 9.26 Å². The van der Waals surface area contributed by atoms with Gasteiger partial charge in [-0.1, -0.05) is 12.1 Å². The molecular weight excluding hydrogens is 308 g/mol. The lowest BCUT2D eigenvalue weighted by Crippen LogP contribution is -2.47. The van der Waals surface area contributed by atoms with Crippen molar-refractivity contribution in [2.24, 2.45) is 0 Å². The van der Waals surface area contributed by atoms with Crippen LogP contribution in [-0.2, 0) is 6.42 Å². The SMILES string of the molecule is CCOc1ccnc(N2CCN([C@H](C)c3nc(CC)no3)CC2)n1. The van der Waals surface area contributed by atoms with Crippen LogP contribution in [0.3, 0.4) is 0 Å². The molecule has 0 aliphatic carbocycles. The van der Waals surface area contributed by atoms with Crippen molar-refractivity contribution in [3.8, 4) is 5.88 Å². The van der Waals surface area contributed by atoms with Gasteiger partial charge in [-0.25, -0.2) is 4.98 Å². The lowest BCUT2D eigenvalue weighted by Gasteiger charge is -2.36. The minimum absolute atomic E-state index is 0.121. The minimum atomic E-state index is 0.121. The first-order valence-electron chi connectivity index (χ1n) is 8.48. The van der Waals surface area contributed by atoms with E-state index in [2.05, 4.69) is 36.8 Å². The van der Waals surface area contributed by atoms with Crippen LogP contribution in [0.4, 0.5) is 5.95 Å². The van der Waals surface area contributed by atoms with Gasteiger partial charge in [0.2, 0.25) is 17.7 Å². The Kier molecular flexibility index (Phi) is 5.24. The summed E-state index contributed by atoms with van der Waals surface area (Å²) in [7, 11) is 0. The quantitative estimate of drug-likeness (QED) is 0.791. The summed E-state index contributed by atoms with van der Waals surface area (Å²) in [6, 6.07) is 1.90. The molecule has 0 unspecified atom stereocenters. The minimum Gasteiger partial charge on any atom is -0.478 e. The van der Waals surface area contributed by atoms with Crippen LogP contribution in [0.15, 0.2) is 16.8 Å². The molecule has 130 valence electrons. The van der Waals surface area contributed by atoms with Crippen LogP contribution in [0.5, 0.6) is 5.88 Å². The highest BCUT2D eigenvalue weighted by Crippen LogP contribution is 2.22. The second kappa shape index (κ2) is 7.57. The average Bonchev–Trinajstić information content (AvgIpc) is 3.11. The van der Waals surface area contributed by atoms with Gasteiger partial charge < -0.3 is 14.2 Å². The molecule has 8 heteroatoms. The van der Waals surface area contributed by atoms with Crippen LogP contribution >= 0.6 is 0 Å². The summed E-state index contributed by atoms with van der Waals surface area (Å²) >= 11 is 0. The number of aryl methyl sites for hydroxylation is 1. The molecule has 2 aromatic heterocycles. The number of hydrogen-bond donors (Lipinski definition) is 0. The standard InChI is InChI=1S/C16H24N6O2/c1-4-13-18-15(24-20-13)12(3)21-8-10-22(11-9-21)16-17-7-6-14(19-16)23-5-2/h6-7,12H,4-5,8-11H2,1-3H3/t12-/m1/s1. The van der Waals surface area contributed by atoms with Gasteiger partial charge in [0.1, 0.15) is 0 Å². The molecule has 1 aliphatic rings. The van der Waals surface area contributed by atoms with Crippen molar-refractivity contribution in [1.29, 1.82) is 0 Å². The highest BCUT2D eigenvalue weighted by molar-refractivity contribution is 5.32. The maximum atomic E-state index is 5.45. The predicted molar refractivity (Wildman–Crippen MR) is 89.1 cm³/mol. The van der Waals surface area contributed by atoms with Gasteiger partial charge in [0, 0.05) is 44.9 Å². The fraction of sp³-hybridized carbons (Fsp3) is 0.625. The van der Waals surface area contributed by atoms with Gasteiger partial charge in [-0.05, 0) is 13.8 Å². The Bertz CT molecular complexity index is 654. The van der Waals surface area contributed by atoms with Crippen LogP contribution < -0.4 is 9.64 Å². The van der Waals surface area contributed by atoms with Crippen LogP contribution in [0.25, 0.3) is 0 Å². The second-order valence-corrected chi connectivity index (χ2v) is 5.73. The highest BCUT2D eigenvalue weighted by atomic mass is 16.5. The van der Waals surface area contributed by atoms with Gasteiger partial charge in [-0.15, -0.1) is 0 Å². The molecule has 0 amide bonds. The molecule has 0 radical (unpaired) electrons. The summed E-state index contributed by atoms with van der Waals surface area (Å²) in [6.45, 7) is 10.2. The Morgan fingerprint density at radius 2 is 2.00 bits per heavy atom. The van der Waals surface area contributed by atoms with E-state index in [0.29, 0.717) is 18.4 Å². The zero-order chi connectivity index (χ0) is 16.9. The van der Waals surface area contributed by atoms with E-state index < -0.39 is 0 Å². The first-order chi connectivity index (χ1) is 11.7. The van der Waals surface area contributed by atoms with Crippen molar-refractivity contribution >= 4 is 5.95 Å². The van der Waals surface area contributed by atoms with E-state index in [1.54, 1.807) is 12.3 Å². The van der Waals surface area contributed by atoms with E-state index in [1.165, 1.54) is 0 Å². The number of aromatic nitrogens is 4. The Balaban J connectivity index is 1.60. The van der Waals surface area contributed by atoms with Crippen molar-refractivity contribution in [2.75, 3.05) is 37.7 Å². The first-order valence-corrected chi connectivity index (χ1v) is 8.48. The fourth-order valence-electron chi connectivity index (χ4n) is 2.76. The largest absolute Gasteiger partial charge is 0.478 e. The van der Waals surface area contributed by atoms with Gasteiger partial charge in [-0.3, -0.25) is 4.90 Å². The predicted octanol–water partition coefficient (Wildman–Crippen LogP) is 1.70. The summed E-state index contributed by atoms with van der Waals surface area (Å²) in [5.74, 6) is 2.79. The summed E-state index contributed by atoms with van der Waals surface area (Å²) in [4.78, 5) is 17.8. The molecule has 1 aliphatic heterocycles. The first kappa shape index (κ1) is 16.6. The Morgan fingerprint density at radius 1 is 1.21 bits per heavy atom. The van der Waals surface area contributed by atoms with E-state index in [4.69, 9.17) is 9.26 Å². The third-order valence-corrected chi connectivity index (χ3v) is 4.21. The van der Waals surface area contributed by atoms with Gasteiger partial charge in [-0.2, -0.15) is 9.97 Å². The number of rotatable bonds is 6. The second-order valence-electron chi connectivity index (χ2n) is 5.73. The van der Waals surface area contributed by atoms with E-state index in [0.717, 1.165) is 44.4 Å². The van der Waals surface area contributed by atoms with Gasteiger partial charge in [0.25, 0.3) is 0 Å². The van der Waals surface area contributed by atoms with E-state index in [9.17, 15) is 0 Å². The highest BCUT2D eigenvalue weighted by Gasteiger charge is 2.26. The molecule has 2 aromatic rings. The summed E-state index contributed by atoms with van der Waals surface area (Å²) in [5.41, 5.74) is 0. The van der Waals surface area contributed by atoms with Crippen molar-refractivity contribution in [1.82, 2.24) is 25.0 Å². The third kappa shape index (κ3) is 3.64. The molecule has 3 heterocycles. The fourth-order valence-corrected chi connectivity index (χ4v) is 2.76. The molecule has 0 saturated carbocycles. The van der Waals surface area contributed by atoms with Crippen molar-refractivity contribution in [3.05, 3.63) is 24.0 Å². The van der Waals surface area contributed by atoms with E-state index >= 15 is 0 Å². The molecule has 0 aromatic carbocycles. The molecule has 8 nitrogen and oxygen atoms in total. The van der Waals surface area contributed by atoms with Crippen LogP contribution in [0, 0.1) is 0 Å². The molecule has 0 N–H and O–H groups in total. The average molecular weight is 332 g/mol. The zero-order valence-corrected chi connectivity index (χ0v) is 14.5. The maximum absolute atomic E-state index is 5.45. The topological polar surface area (TPSA) is 80.4 Å². The normalized spacial score (nSPS) is 17.0. The molecular formula is C16H24N6O2. The van der Waals surface area contributed by atoms with Crippen molar-refractivity contribution in [3.63, 3.8) is 0 Å². The summed E-state index contributed by atoms with van der Waals surface area (Å²) in [6.07, 6.45) is 2.53. The molecule has 3 rings (SSSR count). The van der Waals surface area contributed by atoms with Crippen LogP contribution in [-0.4, -0.2) is 57.8 Å². The third-order valence-electron chi connectivity index (χ3n) is 4.21. The number of anilines is 1. The maximum Gasteiger partial charge on any atom is 0.243 e. The van der Waals surface area contributed by atoms with Gasteiger partial charge >= 0.3 is 0 Å². The van der Waals surface area contributed by atoms with Crippen LogP contribution in [0.2, 0.25) is 0 Å². The van der Waals surface area contributed by atoms with Gasteiger partial charge in [0.05, 0.1) is 12.6 Å². The van der Waals surface area contributed by atoms with Gasteiger partial charge in [0.15, 0.2) is 5.82 Å². The lowest BCUT2D eigenvalue weighted by molar-refractivity contribution is 0.163. The van der Waals surface area contributed by atoms with E-state index in [-0.39, 0.29) is 6.04 Å². The lowest BCUT2D eigenvalue weighted by atomic mass is 10.2. The molecule has 0 bridgehead atoms. The molecule has 1 fully saturated rings. The number of piperazine rings is 1. The summed E-state index contributed by atoms with van der Waals surface area (Å²) < 4.78 is 10.8. The summed E-state index contributed by atoms with van der Waals surface area (Å²) in [5, 5.41) is 3.98. The number of nitrogens with zero attached hydrogens (tertiary/aromatic N) is 6. The monoisotopic (exact) mass is 332 g/mol. The Hall–Kier alpha value is -2.22. The molecule has 0 spiro atoms. The molecule has 1 atom stereocenters.